The number of para-hydroxylation sites is 2. The molecule has 0 aliphatic carbocycles. The van der Waals surface area contributed by atoms with Gasteiger partial charge in [0.25, 0.3) is 0 Å². The molecule has 0 bridgehead atoms. The Morgan fingerprint density at radius 3 is 2.68 bits per heavy atom. The quantitative estimate of drug-likeness (QED) is 0.697. The summed E-state index contributed by atoms with van der Waals surface area (Å²) in [5, 5.41) is 8.84. The number of hydrogen-bond acceptors (Lipinski definition) is 4. The second kappa shape index (κ2) is 4.75. The van der Waals surface area contributed by atoms with Crippen LogP contribution >= 0.6 is 0 Å². The fourth-order valence-electron chi connectivity index (χ4n) is 1.74. The Morgan fingerprint density at radius 2 is 1.84 bits per heavy atom. The molecule has 0 saturated heterocycles. The van der Waals surface area contributed by atoms with Gasteiger partial charge in [-0.05, 0) is 30.3 Å². The van der Waals surface area contributed by atoms with Gasteiger partial charge < -0.3 is 4.74 Å². The van der Waals surface area contributed by atoms with Gasteiger partial charge in [-0.2, -0.15) is 5.26 Å². The number of aromatic nitrogens is 2. The maximum absolute atomic E-state index is 8.84. The molecule has 0 atom stereocenters. The predicted octanol–water partition coefficient (Wildman–Crippen LogP) is 3.29. The molecule has 2 aromatic carbocycles. The zero-order chi connectivity index (χ0) is 13.1. The van der Waals surface area contributed by atoms with E-state index in [0.29, 0.717) is 17.2 Å². The van der Waals surface area contributed by atoms with Crippen LogP contribution in [0.15, 0.2) is 54.7 Å². The number of nitrogens with zero attached hydrogens (tertiary/aromatic N) is 3. The van der Waals surface area contributed by atoms with Crippen LogP contribution < -0.4 is 4.74 Å². The van der Waals surface area contributed by atoms with Crippen LogP contribution in [0, 0.1) is 11.3 Å². The molecule has 0 amide bonds. The third-order valence-corrected chi connectivity index (χ3v) is 2.61. The van der Waals surface area contributed by atoms with E-state index < -0.39 is 0 Å². The molecule has 0 unspecified atom stereocenters. The highest BCUT2D eigenvalue weighted by molar-refractivity contribution is 5.74. The molecule has 4 heteroatoms. The molecule has 1 heterocycles. The first-order valence-electron chi connectivity index (χ1n) is 5.75. The Kier molecular flexibility index (Phi) is 2.79. The zero-order valence-electron chi connectivity index (χ0n) is 9.95. The molecule has 19 heavy (non-hydrogen) atoms. The van der Waals surface area contributed by atoms with Crippen LogP contribution in [0.5, 0.6) is 11.6 Å². The molecule has 90 valence electrons. The summed E-state index contributed by atoms with van der Waals surface area (Å²) in [6.07, 6.45) is 1.57. The average molecular weight is 247 g/mol. The van der Waals surface area contributed by atoms with Gasteiger partial charge in [-0.25, -0.2) is 9.97 Å². The summed E-state index contributed by atoms with van der Waals surface area (Å²) in [6, 6.07) is 16.6. The number of hydrogen-bond donors (Lipinski definition) is 0. The molecule has 1 aromatic heterocycles. The fourth-order valence-corrected chi connectivity index (χ4v) is 1.74. The molecule has 0 N–H and O–H groups in total. The van der Waals surface area contributed by atoms with E-state index in [1.54, 1.807) is 30.5 Å². The maximum Gasteiger partial charge on any atom is 0.238 e. The molecule has 0 saturated carbocycles. The molecule has 3 aromatic rings. The predicted molar refractivity (Wildman–Crippen MR) is 70.8 cm³/mol. The van der Waals surface area contributed by atoms with Gasteiger partial charge >= 0.3 is 0 Å². The molecule has 4 nitrogen and oxygen atoms in total. The van der Waals surface area contributed by atoms with Gasteiger partial charge in [-0.1, -0.05) is 18.2 Å². The Bertz CT molecular complexity index is 777. The first kappa shape index (κ1) is 11.2. The third-order valence-electron chi connectivity index (χ3n) is 2.61. The van der Waals surface area contributed by atoms with Gasteiger partial charge in [-0.3, -0.25) is 0 Å². The Labute approximate surface area is 109 Å². The Balaban J connectivity index is 1.94. The lowest BCUT2D eigenvalue weighted by atomic mass is 10.2. The van der Waals surface area contributed by atoms with Crippen LogP contribution in [0.1, 0.15) is 5.56 Å². The maximum atomic E-state index is 8.84. The largest absolute Gasteiger partial charge is 0.437 e. The summed E-state index contributed by atoms with van der Waals surface area (Å²) >= 11 is 0. The van der Waals surface area contributed by atoms with Crippen molar-refractivity contribution >= 4 is 11.0 Å². The van der Waals surface area contributed by atoms with E-state index in [1.165, 1.54) is 0 Å². The molecule has 0 spiro atoms. The van der Waals surface area contributed by atoms with Crippen LogP contribution in [-0.2, 0) is 0 Å². The second-order valence-electron chi connectivity index (χ2n) is 3.94. The number of ether oxygens (including phenoxy) is 1. The first-order chi connectivity index (χ1) is 9.35. The van der Waals surface area contributed by atoms with Gasteiger partial charge in [0.15, 0.2) is 0 Å². The van der Waals surface area contributed by atoms with Crippen LogP contribution in [0.4, 0.5) is 0 Å². The van der Waals surface area contributed by atoms with Gasteiger partial charge in [0.1, 0.15) is 5.75 Å². The highest BCUT2D eigenvalue weighted by atomic mass is 16.5. The van der Waals surface area contributed by atoms with Crippen LogP contribution in [0.3, 0.4) is 0 Å². The Hall–Kier alpha value is -2.93. The van der Waals surface area contributed by atoms with E-state index in [1.807, 2.05) is 24.3 Å². The summed E-state index contributed by atoms with van der Waals surface area (Å²) in [7, 11) is 0. The van der Waals surface area contributed by atoms with Crippen molar-refractivity contribution in [3.8, 4) is 17.7 Å². The van der Waals surface area contributed by atoms with Crippen molar-refractivity contribution in [2.45, 2.75) is 0 Å². The van der Waals surface area contributed by atoms with Gasteiger partial charge in [0, 0.05) is 0 Å². The highest BCUT2D eigenvalue weighted by Crippen LogP contribution is 2.21. The van der Waals surface area contributed by atoms with Crippen molar-refractivity contribution in [2.75, 3.05) is 0 Å². The molecular weight excluding hydrogens is 238 g/mol. The zero-order valence-corrected chi connectivity index (χ0v) is 9.95. The monoisotopic (exact) mass is 247 g/mol. The molecule has 0 fully saturated rings. The topological polar surface area (TPSA) is 58.8 Å². The number of nitriles is 1. The number of benzene rings is 2. The van der Waals surface area contributed by atoms with Crippen molar-refractivity contribution in [1.82, 2.24) is 9.97 Å². The summed E-state index contributed by atoms with van der Waals surface area (Å²) < 4.78 is 5.60. The first-order valence-corrected chi connectivity index (χ1v) is 5.75. The minimum absolute atomic E-state index is 0.411. The number of rotatable bonds is 2. The Morgan fingerprint density at radius 1 is 1.00 bits per heavy atom. The van der Waals surface area contributed by atoms with Gasteiger partial charge in [-0.15, -0.1) is 0 Å². The van der Waals surface area contributed by atoms with Crippen molar-refractivity contribution in [1.29, 1.82) is 5.26 Å². The molecule has 3 rings (SSSR count). The molecule has 0 aliphatic rings. The summed E-state index contributed by atoms with van der Waals surface area (Å²) in [5.41, 5.74) is 2.14. The molecule has 0 radical (unpaired) electrons. The SMILES string of the molecule is N#Cc1cccc(Oc2cnc3ccccc3n2)c1. The number of fused-ring (bicyclic) bond motifs is 1. The van der Waals surface area contributed by atoms with Gasteiger partial charge in [0.05, 0.1) is 28.9 Å². The van der Waals surface area contributed by atoms with Crippen molar-refractivity contribution < 1.29 is 4.74 Å². The normalized spacial score (nSPS) is 10.1. The van der Waals surface area contributed by atoms with E-state index in [-0.39, 0.29) is 0 Å². The summed E-state index contributed by atoms with van der Waals surface area (Å²) in [4.78, 5) is 8.63. The fraction of sp³-hybridized carbons (Fsp3) is 0. The molecule has 0 aliphatic heterocycles. The average Bonchev–Trinajstić information content (AvgIpc) is 2.47. The van der Waals surface area contributed by atoms with E-state index in [2.05, 4.69) is 16.0 Å². The van der Waals surface area contributed by atoms with E-state index in [4.69, 9.17) is 10.00 Å². The van der Waals surface area contributed by atoms with E-state index in [0.717, 1.165) is 11.0 Å². The van der Waals surface area contributed by atoms with Crippen molar-refractivity contribution in [3.63, 3.8) is 0 Å². The van der Waals surface area contributed by atoms with E-state index >= 15 is 0 Å². The lowest BCUT2D eigenvalue weighted by Gasteiger charge is -2.05. The van der Waals surface area contributed by atoms with E-state index in [9.17, 15) is 0 Å². The van der Waals surface area contributed by atoms with Crippen LogP contribution in [0.2, 0.25) is 0 Å². The highest BCUT2D eigenvalue weighted by Gasteiger charge is 2.02. The van der Waals surface area contributed by atoms with Gasteiger partial charge in [0.2, 0.25) is 5.88 Å². The minimum atomic E-state index is 0.411. The smallest absolute Gasteiger partial charge is 0.238 e. The lowest BCUT2D eigenvalue weighted by molar-refractivity contribution is 0.462. The lowest BCUT2D eigenvalue weighted by Crippen LogP contribution is -1.91. The van der Waals surface area contributed by atoms with Crippen molar-refractivity contribution in [3.05, 3.63) is 60.3 Å². The van der Waals surface area contributed by atoms with Crippen LogP contribution in [0.25, 0.3) is 11.0 Å². The van der Waals surface area contributed by atoms with Crippen LogP contribution in [-0.4, -0.2) is 9.97 Å². The molecular formula is C15H9N3O. The standard InChI is InChI=1S/C15H9N3O/c16-9-11-4-3-5-12(8-11)19-15-10-17-13-6-1-2-7-14(13)18-15/h1-8,10H. The second-order valence-corrected chi connectivity index (χ2v) is 3.94. The minimum Gasteiger partial charge on any atom is -0.437 e. The summed E-state index contributed by atoms with van der Waals surface area (Å²) in [6.45, 7) is 0. The van der Waals surface area contributed by atoms with Crippen molar-refractivity contribution in [2.24, 2.45) is 0 Å². The third kappa shape index (κ3) is 2.35. The summed E-state index contributed by atoms with van der Waals surface area (Å²) in [5.74, 6) is 0.984.